The minimum absolute atomic E-state index is 0.270. The Labute approximate surface area is 80.8 Å². The number of carbonyl (C=O) groups excluding carboxylic acids is 1. The molecule has 1 aromatic heterocycles. The highest BCUT2D eigenvalue weighted by Gasteiger charge is 2.28. The van der Waals surface area contributed by atoms with Crippen molar-refractivity contribution in [3.05, 3.63) is 30.6 Å². The fourth-order valence-corrected chi connectivity index (χ4v) is 1.07. The van der Waals surface area contributed by atoms with Gasteiger partial charge in [0.25, 0.3) is 11.9 Å². The van der Waals surface area contributed by atoms with Gasteiger partial charge in [0, 0.05) is 12.4 Å². The van der Waals surface area contributed by atoms with Crippen molar-refractivity contribution in [1.29, 1.82) is 0 Å². The Morgan fingerprint density at radius 3 is 2.50 bits per heavy atom. The molecule has 2 heterocycles. The molecule has 1 aliphatic rings. The maximum atomic E-state index is 11.5. The van der Waals surface area contributed by atoms with Crippen molar-refractivity contribution in [2.24, 2.45) is 5.10 Å². The van der Waals surface area contributed by atoms with Crippen LogP contribution in [0.2, 0.25) is 0 Å². The quantitative estimate of drug-likeness (QED) is 0.611. The lowest BCUT2D eigenvalue weighted by Crippen LogP contribution is -2.22. The Hall–Kier alpha value is -2.04. The number of amides is 1. The number of anilines is 1. The maximum Gasteiger partial charge on any atom is 0.282 e. The fraction of sp³-hybridized carbons (Fsp3) is 0.111. The van der Waals surface area contributed by atoms with E-state index in [9.17, 15) is 4.79 Å². The summed E-state index contributed by atoms with van der Waals surface area (Å²) in [5.41, 5.74) is 0.986. The highest BCUT2D eigenvalue weighted by atomic mass is 16.2. The third kappa shape index (κ3) is 1.19. The van der Waals surface area contributed by atoms with Crippen LogP contribution in [0.4, 0.5) is 5.95 Å². The number of hydrazone groups is 1. The van der Waals surface area contributed by atoms with Crippen LogP contribution in [0, 0.1) is 0 Å². The zero-order chi connectivity index (χ0) is 10.1. The molecule has 2 rings (SSSR count). The van der Waals surface area contributed by atoms with E-state index in [0.717, 1.165) is 5.01 Å². The maximum absolute atomic E-state index is 11.5. The molecule has 70 valence electrons. The second-order valence-electron chi connectivity index (χ2n) is 2.83. The first kappa shape index (κ1) is 8.55. The third-order valence-corrected chi connectivity index (χ3v) is 1.88. The third-order valence-electron chi connectivity index (χ3n) is 1.88. The number of hydrogen-bond acceptors (Lipinski definition) is 4. The van der Waals surface area contributed by atoms with Crippen molar-refractivity contribution >= 4 is 17.6 Å². The van der Waals surface area contributed by atoms with Crippen LogP contribution < -0.4 is 5.01 Å². The van der Waals surface area contributed by atoms with Crippen LogP contribution in [0.5, 0.6) is 0 Å². The van der Waals surface area contributed by atoms with Crippen LogP contribution in [0.15, 0.2) is 35.7 Å². The number of aromatic nitrogens is 2. The van der Waals surface area contributed by atoms with Crippen LogP contribution in [-0.2, 0) is 4.79 Å². The normalized spacial score (nSPS) is 16.1. The van der Waals surface area contributed by atoms with Gasteiger partial charge in [-0.2, -0.15) is 10.1 Å². The molecule has 0 bridgehead atoms. The lowest BCUT2D eigenvalue weighted by Gasteiger charge is -2.07. The zero-order valence-corrected chi connectivity index (χ0v) is 7.64. The molecule has 0 spiro atoms. The average molecular weight is 188 g/mol. The Balaban J connectivity index is 2.39. The minimum Gasteiger partial charge on any atom is -0.267 e. The molecule has 14 heavy (non-hydrogen) atoms. The molecule has 5 heteroatoms. The molecule has 1 aromatic rings. The van der Waals surface area contributed by atoms with E-state index in [-0.39, 0.29) is 11.9 Å². The first-order valence-corrected chi connectivity index (χ1v) is 4.06. The minimum atomic E-state index is -0.270. The van der Waals surface area contributed by atoms with Gasteiger partial charge in [-0.3, -0.25) is 4.79 Å². The standard InChI is InChI=1S/C9H8N4O/c1-6-7(2)12-13(8(6)14)9-10-4-3-5-11-9/h3-5H,1H2,2H3. The summed E-state index contributed by atoms with van der Waals surface area (Å²) in [7, 11) is 0. The number of nitrogens with zero attached hydrogens (tertiary/aromatic N) is 4. The van der Waals surface area contributed by atoms with Gasteiger partial charge in [-0.15, -0.1) is 0 Å². The van der Waals surface area contributed by atoms with Crippen LogP contribution in [0.3, 0.4) is 0 Å². The molecule has 1 aliphatic heterocycles. The van der Waals surface area contributed by atoms with Crippen molar-refractivity contribution in [1.82, 2.24) is 9.97 Å². The van der Waals surface area contributed by atoms with Gasteiger partial charge in [-0.25, -0.2) is 9.97 Å². The number of rotatable bonds is 1. The first-order chi connectivity index (χ1) is 6.70. The molecule has 0 atom stereocenters. The van der Waals surface area contributed by atoms with E-state index in [1.165, 1.54) is 0 Å². The molecule has 5 nitrogen and oxygen atoms in total. The molecular weight excluding hydrogens is 180 g/mol. The molecule has 0 radical (unpaired) electrons. The van der Waals surface area contributed by atoms with Gasteiger partial charge in [0.1, 0.15) is 0 Å². The summed E-state index contributed by atoms with van der Waals surface area (Å²) in [5.74, 6) is 0.00389. The second-order valence-corrected chi connectivity index (χ2v) is 2.83. The number of carbonyl (C=O) groups is 1. The van der Waals surface area contributed by atoms with Crippen molar-refractivity contribution in [2.45, 2.75) is 6.92 Å². The lowest BCUT2D eigenvalue weighted by atomic mass is 10.2. The molecule has 0 saturated carbocycles. The molecule has 0 aliphatic carbocycles. The summed E-state index contributed by atoms with van der Waals surface area (Å²) in [6.45, 7) is 5.34. The van der Waals surface area contributed by atoms with Crippen LogP contribution >= 0.6 is 0 Å². The van der Waals surface area contributed by atoms with E-state index >= 15 is 0 Å². The van der Waals surface area contributed by atoms with Gasteiger partial charge in [0.2, 0.25) is 0 Å². The Bertz CT molecular complexity index is 424. The van der Waals surface area contributed by atoms with Gasteiger partial charge >= 0.3 is 0 Å². The van der Waals surface area contributed by atoms with Crippen molar-refractivity contribution in [2.75, 3.05) is 5.01 Å². The SMILES string of the molecule is C=C1C(=O)N(c2ncccn2)N=C1C. The monoisotopic (exact) mass is 188 g/mol. The summed E-state index contributed by atoms with van der Waals surface area (Å²) in [6.07, 6.45) is 3.11. The Kier molecular flexibility index (Phi) is 1.85. The smallest absolute Gasteiger partial charge is 0.267 e. The summed E-state index contributed by atoms with van der Waals surface area (Å²) < 4.78 is 0. The number of hydrogen-bond donors (Lipinski definition) is 0. The summed E-state index contributed by atoms with van der Waals surface area (Å²) in [4.78, 5) is 19.4. The Morgan fingerprint density at radius 1 is 1.36 bits per heavy atom. The average Bonchev–Trinajstić information content (AvgIpc) is 2.47. The molecular formula is C9H8N4O. The van der Waals surface area contributed by atoms with Gasteiger partial charge in [-0.05, 0) is 13.0 Å². The van der Waals surface area contributed by atoms with Gasteiger partial charge < -0.3 is 0 Å². The largest absolute Gasteiger partial charge is 0.282 e. The highest BCUT2D eigenvalue weighted by molar-refractivity contribution is 6.28. The Morgan fingerprint density at radius 2 is 2.00 bits per heavy atom. The van der Waals surface area contributed by atoms with E-state index in [1.807, 2.05) is 0 Å². The highest BCUT2D eigenvalue weighted by Crippen LogP contribution is 2.17. The van der Waals surface area contributed by atoms with Gasteiger partial charge in [-0.1, -0.05) is 6.58 Å². The van der Waals surface area contributed by atoms with E-state index in [1.54, 1.807) is 25.4 Å². The molecule has 0 aromatic carbocycles. The summed E-state index contributed by atoms with van der Waals surface area (Å²) in [5, 5.41) is 5.15. The van der Waals surface area contributed by atoms with Crippen LogP contribution in [-0.4, -0.2) is 21.6 Å². The second kappa shape index (κ2) is 3.02. The van der Waals surface area contributed by atoms with E-state index in [2.05, 4.69) is 21.6 Å². The van der Waals surface area contributed by atoms with Crippen molar-refractivity contribution in [3.8, 4) is 0 Å². The van der Waals surface area contributed by atoms with Crippen LogP contribution in [0.25, 0.3) is 0 Å². The molecule has 0 unspecified atom stereocenters. The molecule has 0 N–H and O–H groups in total. The fourth-order valence-electron chi connectivity index (χ4n) is 1.07. The van der Waals surface area contributed by atoms with Crippen molar-refractivity contribution in [3.63, 3.8) is 0 Å². The topological polar surface area (TPSA) is 58.5 Å². The van der Waals surface area contributed by atoms with Crippen molar-refractivity contribution < 1.29 is 4.79 Å². The zero-order valence-electron chi connectivity index (χ0n) is 7.64. The first-order valence-electron chi connectivity index (χ1n) is 4.06. The predicted octanol–water partition coefficient (Wildman–Crippen LogP) is 0.755. The summed E-state index contributed by atoms with van der Waals surface area (Å²) >= 11 is 0. The summed E-state index contributed by atoms with van der Waals surface area (Å²) in [6, 6.07) is 1.68. The van der Waals surface area contributed by atoms with E-state index < -0.39 is 0 Å². The molecule has 0 fully saturated rings. The van der Waals surface area contributed by atoms with E-state index in [0.29, 0.717) is 11.3 Å². The lowest BCUT2D eigenvalue weighted by molar-refractivity contribution is -0.114. The molecule has 0 saturated heterocycles. The van der Waals surface area contributed by atoms with Crippen LogP contribution in [0.1, 0.15) is 6.92 Å². The van der Waals surface area contributed by atoms with Gasteiger partial charge in [0.15, 0.2) is 0 Å². The molecule has 1 amide bonds. The predicted molar refractivity (Wildman–Crippen MR) is 51.8 cm³/mol. The van der Waals surface area contributed by atoms with E-state index in [4.69, 9.17) is 0 Å². The van der Waals surface area contributed by atoms with Gasteiger partial charge in [0.05, 0.1) is 11.3 Å².